The van der Waals surface area contributed by atoms with E-state index in [1.165, 1.54) is 4.90 Å². The molecule has 0 rings (SSSR count). The molecule has 0 aliphatic heterocycles. The molecule has 0 heterocycles. The van der Waals surface area contributed by atoms with Crippen LogP contribution in [-0.4, -0.2) is 45.4 Å². The molecule has 0 aromatic carbocycles. The van der Waals surface area contributed by atoms with Crippen LogP contribution in [0, 0.1) is 0 Å². The fraction of sp³-hybridized carbons (Fsp3) is 0.556. The average Bonchev–Trinajstić information content (AvgIpc) is 2.21. The molecule has 0 aromatic heterocycles. The monoisotopic (exact) mass is 233 g/mol. The lowest BCUT2D eigenvalue weighted by Crippen LogP contribution is -2.27. The maximum absolute atomic E-state index is 10.3. The molecular weight excluding hydrogens is 218 g/mol. The maximum Gasteiger partial charge on any atom is 0.305 e. The Balaban J connectivity index is 4.05. The summed E-state index contributed by atoms with van der Waals surface area (Å²) < 4.78 is 0. The first-order valence-electron chi connectivity index (χ1n) is 4.66. The van der Waals surface area contributed by atoms with Crippen LogP contribution in [-0.2, 0) is 14.5 Å². The first-order valence-corrected chi connectivity index (χ1v) is 4.66. The summed E-state index contributed by atoms with van der Waals surface area (Å²) in [6.07, 6.45) is 0.134. The predicted octanol–water partition coefficient (Wildman–Crippen LogP) is 0.589. The second-order valence-electron chi connectivity index (χ2n) is 3.11. The van der Waals surface area contributed by atoms with E-state index in [4.69, 9.17) is 15.5 Å². The van der Waals surface area contributed by atoms with Crippen LogP contribution in [0.5, 0.6) is 0 Å². The third-order valence-electron chi connectivity index (χ3n) is 1.87. The molecule has 0 aliphatic rings. The summed E-state index contributed by atoms with van der Waals surface area (Å²) in [6, 6.07) is 0. The fourth-order valence-electron chi connectivity index (χ4n) is 1.07. The van der Waals surface area contributed by atoms with Crippen LogP contribution in [0.4, 0.5) is 0 Å². The number of carboxylic acid groups (broad SMARTS) is 2. The van der Waals surface area contributed by atoms with E-state index in [-0.39, 0.29) is 31.8 Å². The van der Waals surface area contributed by atoms with Crippen molar-refractivity contribution >= 4 is 11.9 Å². The van der Waals surface area contributed by atoms with Gasteiger partial charge in [-0.3, -0.25) is 9.59 Å². The van der Waals surface area contributed by atoms with E-state index < -0.39 is 11.9 Å². The van der Waals surface area contributed by atoms with Gasteiger partial charge in [0.25, 0.3) is 0 Å². The van der Waals surface area contributed by atoms with Crippen molar-refractivity contribution in [3.8, 4) is 0 Å². The van der Waals surface area contributed by atoms with E-state index >= 15 is 0 Å². The second kappa shape index (κ2) is 7.52. The summed E-state index contributed by atoms with van der Waals surface area (Å²) in [5.41, 5.74) is 0. The van der Waals surface area contributed by atoms with Crippen molar-refractivity contribution in [2.24, 2.45) is 0 Å². The predicted molar refractivity (Wildman–Crippen MR) is 53.5 cm³/mol. The minimum atomic E-state index is -0.992. The van der Waals surface area contributed by atoms with Gasteiger partial charge in [0.15, 0.2) is 0 Å². The molecule has 0 amide bonds. The van der Waals surface area contributed by atoms with E-state index in [1.54, 1.807) is 0 Å². The highest BCUT2D eigenvalue weighted by Crippen LogP contribution is 2.06. The lowest BCUT2D eigenvalue weighted by Gasteiger charge is -2.22. The van der Waals surface area contributed by atoms with Crippen molar-refractivity contribution in [2.75, 3.05) is 13.1 Å². The number of nitrogens with zero attached hydrogens (tertiary/aromatic N) is 1. The Hall–Kier alpha value is -1.76. The fourth-order valence-corrected chi connectivity index (χ4v) is 1.07. The molecule has 0 atom stereocenters. The third-order valence-corrected chi connectivity index (χ3v) is 1.87. The Morgan fingerprint density at radius 2 is 1.69 bits per heavy atom. The maximum atomic E-state index is 10.3. The van der Waals surface area contributed by atoms with Crippen LogP contribution >= 0.6 is 0 Å². The quantitative estimate of drug-likeness (QED) is 0.304. The van der Waals surface area contributed by atoms with Crippen molar-refractivity contribution in [2.45, 2.75) is 19.3 Å². The number of hydrogen-bond donors (Lipinski definition) is 3. The Kier molecular flexibility index (Phi) is 6.69. The van der Waals surface area contributed by atoms with Crippen LogP contribution in [0.15, 0.2) is 12.5 Å². The Labute approximate surface area is 92.5 Å². The molecule has 7 nitrogen and oxygen atoms in total. The van der Waals surface area contributed by atoms with Crippen LogP contribution in [0.3, 0.4) is 0 Å². The molecule has 3 N–H and O–H groups in total. The number of aliphatic carboxylic acids is 2. The molecule has 0 aromatic rings. The summed E-state index contributed by atoms with van der Waals surface area (Å²) in [5.74, 6) is -2.02. The normalized spacial score (nSPS) is 9.56. The molecule has 0 saturated heterocycles. The summed E-state index contributed by atoms with van der Waals surface area (Å²) >= 11 is 0. The lowest BCUT2D eigenvalue weighted by molar-refractivity contribution is -0.224. The summed E-state index contributed by atoms with van der Waals surface area (Å²) in [4.78, 5) is 25.9. The first-order chi connectivity index (χ1) is 7.47. The summed E-state index contributed by atoms with van der Waals surface area (Å²) in [7, 11) is 0. The van der Waals surface area contributed by atoms with Crippen LogP contribution < -0.4 is 0 Å². The molecule has 92 valence electrons. The van der Waals surface area contributed by atoms with Gasteiger partial charge >= 0.3 is 11.9 Å². The van der Waals surface area contributed by atoms with E-state index in [0.29, 0.717) is 6.42 Å². The lowest BCUT2D eigenvalue weighted by atomic mass is 10.3. The molecule has 7 heteroatoms. The van der Waals surface area contributed by atoms with Gasteiger partial charge in [0, 0.05) is 19.5 Å². The molecule has 0 fully saturated rings. The molecule has 0 bridgehead atoms. The second-order valence-corrected chi connectivity index (χ2v) is 3.11. The van der Waals surface area contributed by atoms with Crippen molar-refractivity contribution in [1.29, 1.82) is 0 Å². The Morgan fingerprint density at radius 1 is 1.12 bits per heavy atom. The van der Waals surface area contributed by atoms with Gasteiger partial charge in [-0.1, -0.05) is 0 Å². The SMILES string of the molecule is C=C(OO)N(CCCC(=O)O)CCC(=O)O. The average molecular weight is 233 g/mol. The minimum Gasteiger partial charge on any atom is -0.481 e. The van der Waals surface area contributed by atoms with Crippen LogP contribution in [0.2, 0.25) is 0 Å². The minimum absolute atomic E-state index is 0.0394. The first kappa shape index (κ1) is 14.2. The zero-order valence-electron chi connectivity index (χ0n) is 8.76. The van der Waals surface area contributed by atoms with Gasteiger partial charge in [0.1, 0.15) is 0 Å². The molecule has 0 unspecified atom stereocenters. The topological polar surface area (TPSA) is 107 Å². The van der Waals surface area contributed by atoms with Gasteiger partial charge in [-0.2, -0.15) is 0 Å². The van der Waals surface area contributed by atoms with E-state index in [9.17, 15) is 9.59 Å². The molecule has 16 heavy (non-hydrogen) atoms. The zero-order chi connectivity index (χ0) is 12.6. The standard InChI is InChI=1S/C9H15NO6/c1-7(16-15)10(6-4-9(13)14)5-2-3-8(11)12/h15H,1-6H2,(H,11,12)(H,13,14). The van der Waals surface area contributed by atoms with Gasteiger partial charge in [-0.25, -0.2) is 5.26 Å². The molecule has 0 aliphatic carbocycles. The largest absolute Gasteiger partial charge is 0.481 e. The van der Waals surface area contributed by atoms with Crippen molar-refractivity contribution < 1.29 is 29.9 Å². The van der Waals surface area contributed by atoms with Gasteiger partial charge in [-0.15, -0.1) is 0 Å². The molecular formula is C9H15NO6. The third kappa shape index (κ3) is 6.66. The van der Waals surface area contributed by atoms with E-state index in [2.05, 4.69) is 11.5 Å². The Bertz CT molecular complexity index is 265. The molecule has 0 radical (unpaired) electrons. The van der Waals surface area contributed by atoms with E-state index in [1.807, 2.05) is 0 Å². The van der Waals surface area contributed by atoms with Crippen LogP contribution in [0.1, 0.15) is 19.3 Å². The number of carboxylic acids is 2. The van der Waals surface area contributed by atoms with Crippen LogP contribution in [0.25, 0.3) is 0 Å². The highest BCUT2D eigenvalue weighted by atomic mass is 17.1. The number of carbonyl (C=O) groups is 2. The van der Waals surface area contributed by atoms with Gasteiger partial charge in [0.05, 0.1) is 6.42 Å². The van der Waals surface area contributed by atoms with E-state index in [0.717, 1.165) is 0 Å². The smallest absolute Gasteiger partial charge is 0.305 e. The number of hydrogen-bond acceptors (Lipinski definition) is 5. The van der Waals surface area contributed by atoms with Crippen molar-refractivity contribution in [3.05, 3.63) is 12.5 Å². The molecule has 0 spiro atoms. The Morgan fingerprint density at radius 3 is 2.12 bits per heavy atom. The molecule has 0 saturated carbocycles. The van der Waals surface area contributed by atoms with Gasteiger partial charge in [0.2, 0.25) is 5.88 Å². The highest BCUT2D eigenvalue weighted by molar-refractivity contribution is 5.67. The van der Waals surface area contributed by atoms with Crippen molar-refractivity contribution in [3.63, 3.8) is 0 Å². The van der Waals surface area contributed by atoms with Gasteiger partial charge in [-0.05, 0) is 13.0 Å². The number of rotatable bonds is 9. The van der Waals surface area contributed by atoms with Crippen molar-refractivity contribution in [1.82, 2.24) is 4.90 Å². The summed E-state index contributed by atoms with van der Waals surface area (Å²) in [6.45, 7) is 3.73. The van der Waals surface area contributed by atoms with Gasteiger partial charge < -0.3 is 20.0 Å². The highest BCUT2D eigenvalue weighted by Gasteiger charge is 2.11. The zero-order valence-corrected chi connectivity index (χ0v) is 8.76. The summed E-state index contributed by atoms with van der Waals surface area (Å²) in [5, 5.41) is 25.3.